The molecule has 0 aliphatic heterocycles. The molecule has 1 N–H and O–H groups in total. The van der Waals surface area contributed by atoms with Gasteiger partial charge in [-0.3, -0.25) is 0 Å². The van der Waals surface area contributed by atoms with E-state index in [2.05, 4.69) is 5.32 Å². The van der Waals surface area contributed by atoms with Gasteiger partial charge in [0.2, 0.25) is 0 Å². The summed E-state index contributed by atoms with van der Waals surface area (Å²) in [6.07, 6.45) is 0. The van der Waals surface area contributed by atoms with Gasteiger partial charge in [-0.1, -0.05) is 0 Å². The summed E-state index contributed by atoms with van der Waals surface area (Å²) in [6.45, 7) is 0. The average Bonchev–Trinajstić information content (AvgIpc) is 2.86. The SMILES string of the molecule is O=C(NC(=C(Cl)Cl)[PH](c1ccccc1)(c1ccccc1)c1ccccc1)c1ccc(F)cc1. The van der Waals surface area contributed by atoms with E-state index in [9.17, 15) is 9.18 Å². The minimum absolute atomic E-state index is 0.0197. The second kappa shape index (κ2) is 10.3. The Morgan fingerprint density at radius 2 is 1.03 bits per heavy atom. The summed E-state index contributed by atoms with van der Waals surface area (Å²) in [5.41, 5.74) is 0.754. The van der Waals surface area contributed by atoms with Crippen molar-refractivity contribution in [1.29, 1.82) is 0 Å². The second-order valence-corrected chi connectivity index (χ2v) is 12.1. The van der Waals surface area contributed by atoms with Gasteiger partial charge in [-0.15, -0.1) is 0 Å². The topological polar surface area (TPSA) is 29.1 Å². The van der Waals surface area contributed by atoms with Gasteiger partial charge in [-0.2, -0.15) is 0 Å². The van der Waals surface area contributed by atoms with Crippen LogP contribution in [0.3, 0.4) is 0 Å². The van der Waals surface area contributed by atoms with Crippen LogP contribution in [0.15, 0.2) is 125 Å². The van der Waals surface area contributed by atoms with Gasteiger partial charge in [0.15, 0.2) is 0 Å². The molecular weight excluding hydrogens is 475 g/mol. The number of halogens is 3. The first-order valence-electron chi connectivity index (χ1n) is 10.3. The summed E-state index contributed by atoms with van der Waals surface area (Å²) in [7, 11) is -3.11. The molecule has 6 heteroatoms. The van der Waals surface area contributed by atoms with Crippen molar-refractivity contribution in [2.45, 2.75) is 0 Å². The van der Waals surface area contributed by atoms with E-state index in [-0.39, 0.29) is 4.49 Å². The van der Waals surface area contributed by atoms with Crippen molar-refractivity contribution >= 4 is 52.3 Å². The first kappa shape index (κ1) is 23.2. The van der Waals surface area contributed by atoms with Gasteiger partial charge >= 0.3 is 203 Å². The zero-order valence-electron chi connectivity index (χ0n) is 17.5. The number of hydrogen-bond donors (Lipinski definition) is 1. The van der Waals surface area contributed by atoms with Crippen LogP contribution in [0.1, 0.15) is 10.4 Å². The summed E-state index contributed by atoms with van der Waals surface area (Å²) in [5, 5.41) is 6.03. The van der Waals surface area contributed by atoms with Gasteiger partial charge in [0.1, 0.15) is 0 Å². The summed E-state index contributed by atoms with van der Waals surface area (Å²) in [6, 6.07) is 35.2. The Morgan fingerprint density at radius 3 is 1.39 bits per heavy atom. The van der Waals surface area contributed by atoms with Crippen LogP contribution in [0.25, 0.3) is 0 Å². The van der Waals surface area contributed by atoms with Crippen molar-refractivity contribution in [2.75, 3.05) is 0 Å². The van der Waals surface area contributed by atoms with Crippen LogP contribution in [-0.2, 0) is 0 Å². The van der Waals surface area contributed by atoms with Gasteiger partial charge in [-0.05, 0) is 0 Å². The summed E-state index contributed by atoms with van der Waals surface area (Å²) in [5.74, 6) is -0.831. The fourth-order valence-electron chi connectivity index (χ4n) is 4.07. The molecule has 0 atom stereocenters. The number of benzene rings is 4. The third-order valence-electron chi connectivity index (χ3n) is 5.53. The molecule has 0 fully saturated rings. The van der Waals surface area contributed by atoms with Gasteiger partial charge < -0.3 is 0 Å². The number of nitrogens with one attached hydrogen (secondary N) is 1. The van der Waals surface area contributed by atoms with Gasteiger partial charge in [0, 0.05) is 0 Å². The van der Waals surface area contributed by atoms with Crippen molar-refractivity contribution in [2.24, 2.45) is 0 Å². The third kappa shape index (κ3) is 4.72. The molecule has 166 valence electrons. The maximum atomic E-state index is 13.4. The number of rotatable bonds is 6. The number of amides is 1. The van der Waals surface area contributed by atoms with Crippen molar-refractivity contribution in [1.82, 2.24) is 5.32 Å². The monoisotopic (exact) mass is 495 g/mol. The number of carbonyl (C=O) groups excluding carboxylic acids is 1. The molecule has 33 heavy (non-hydrogen) atoms. The Morgan fingerprint density at radius 1 is 0.636 bits per heavy atom. The normalized spacial score (nSPS) is 11.5. The molecule has 2 nitrogen and oxygen atoms in total. The zero-order chi connectivity index (χ0) is 23.3. The van der Waals surface area contributed by atoms with E-state index in [1.54, 1.807) is 0 Å². The third-order valence-corrected chi connectivity index (χ3v) is 10.9. The molecule has 4 aromatic rings. The molecule has 0 radical (unpaired) electrons. The predicted molar refractivity (Wildman–Crippen MR) is 139 cm³/mol. The van der Waals surface area contributed by atoms with E-state index < -0.39 is 19.0 Å². The molecule has 0 unspecified atom stereocenters. The Kier molecular flexibility index (Phi) is 7.25. The van der Waals surface area contributed by atoms with E-state index in [1.807, 2.05) is 91.0 Å². The summed E-state index contributed by atoms with van der Waals surface area (Å²) in [4.78, 5) is 13.2. The van der Waals surface area contributed by atoms with Crippen LogP contribution in [0.4, 0.5) is 4.39 Å². The summed E-state index contributed by atoms with van der Waals surface area (Å²) < 4.78 is 13.4. The molecule has 0 aromatic heterocycles. The van der Waals surface area contributed by atoms with Crippen molar-refractivity contribution in [3.8, 4) is 0 Å². The average molecular weight is 496 g/mol. The molecule has 0 heterocycles. The van der Waals surface area contributed by atoms with Gasteiger partial charge in [0.05, 0.1) is 0 Å². The fourth-order valence-corrected chi connectivity index (χ4v) is 9.54. The minimum atomic E-state index is -3.11. The number of carbonyl (C=O) groups is 1. The van der Waals surface area contributed by atoms with Crippen LogP contribution in [0.2, 0.25) is 0 Å². The van der Waals surface area contributed by atoms with E-state index in [0.29, 0.717) is 11.0 Å². The van der Waals surface area contributed by atoms with Crippen molar-refractivity contribution in [3.05, 3.63) is 137 Å². The molecule has 4 rings (SSSR count). The predicted octanol–water partition coefficient (Wildman–Crippen LogP) is 5.89. The second-order valence-electron chi connectivity index (χ2n) is 7.44. The van der Waals surface area contributed by atoms with E-state index in [1.165, 1.54) is 24.3 Å². The van der Waals surface area contributed by atoms with Crippen LogP contribution >= 0.6 is 30.5 Å². The fraction of sp³-hybridized carbons (Fsp3) is 0. The molecule has 0 aliphatic rings. The quantitative estimate of drug-likeness (QED) is 0.332. The standard InChI is InChI=1S/C27H21Cl2FNOP/c28-25(29)27(31-26(32)20-16-18-21(30)19-17-20)33(22-10-4-1-5-11-22,23-12-6-2-7-13-23)24-14-8-3-9-15-24/h1-19,33H,(H,31,32). The van der Waals surface area contributed by atoms with Crippen molar-refractivity contribution < 1.29 is 9.18 Å². The first-order valence-corrected chi connectivity index (χ1v) is 13.1. The maximum absolute atomic E-state index is 13.4. The van der Waals surface area contributed by atoms with Crippen LogP contribution < -0.4 is 21.2 Å². The molecule has 0 spiro atoms. The summed E-state index contributed by atoms with van der Waals surface area (Å²) >= 11 is 13.1. The zero-order valence-corrected chi connectivity index (χ0v) is 20.0. The van der Waals surface area contributed by atoms with E-state index in [4.69, 9.17) is 23.2 Å². The van der Waals surface area contributed by atoms with Gasteiger partial charge in [0.25, 0.3) is 0 Å². The number of hydrogen-bond acceptors (Lipinski definition) is 1. The Labute approximate surface area is 203 Å². The van der Waals surface area contributed by atoms with E-state index >= 15 is 0 Å². The Balaban J connectivity index is 1.99. The molecule has 4 aromatic carbocycles. The molecule has 0 aliphatic carbocycles. The van der Waals surface area contributed by atoms with E-state index in [0.717, 1.165) is 15.9 Å². The first-order chi connectivity index (χ1) is 16.0. The van der Waals surface area contributed by atoms with Crippen molar-refractivity contribution in [3.63, 3.8) is 0 Å². The Hall–Kier alpha value is -2.97. The Bertz CT molecular complexity index is 1160. The molecular formula is C27H21Cl2FNOP. The van der Waals surface area contributed by atoms with Crippen LogP contribution in [0, 0.1) is 5.82 Å². The molecule has 0 saturated carbocycles. The molecule has 0 saturated heterocycles. The van der Waals surface area contributed by atoms with Gasteiger partial charge in [-0.25, -0.2) is 0 Å². The van der Waals surface area contributed by atoms with Crippen LogP contribution in [-0.4, -0.2) is 5.91 Å². The van der Waals surface area contributed by atoms with Crippen LogP contribution in [0.5, 0.6) is 0 Å². The molecule has 0 bridgehead atoms. The molecule has 1 amide bonds.